The summed E-state index contributed by atoms with van der Waals surface area (Å²) in [7, 11) is 0. The van der Waals surface area contributed by atoms with E-state index in [2.05, 4.69) is 50.3 Å². The normalized spacial score (nSPS) is 11.0. The summed E-state index contributed by atoms with van der Waals surface area (Å²) in [5.74, 6) is 0. The molecule has 0 heterocycles. The highest BCUT2D eigenvalue weighted by molar-refractivity contribution is 5.24. The van der Waals surface area contributed by atoms with Gasteiger partial charge in [-0.05, 0) is 37.3 Å². The van der Waals surface area contributed by atoms with Crippen LogP contribution in [-0.4, -0.2) is 0 Å². The minimum atomic E-state index is 1.06. The average Bonchev–Trinajstić information content (AvgIpc) is 2.25. The van der Waals surface area contributed by atoms with Crippen LogP contribution in [0.25, 0.3) is 0 Å². The Balaban J connectivity index is 2.50. The molecule has 0 atom stereocenters. The van der Waals surface area contributed by atoms with E-state index < -0.39 is 0 Å². The van der Waals surface area contributed by atoms with Gasteiger partial charge >= 0.3 is 0 Å². The van der Waals surface area contributed by atoms with Crippen molar-refractivity contribution in [1.82, 2.24) is 0 Å². The fraction of sp³-hybridized carbons (Fsp3) is 0.429. The minimum absolute atomic E-state index is 1.06. The van der Waals surface area contributed by atoms with Gasteiger partial charge in [0.25, 0.3) is 0 Å². The first-order chi connectivity index (χ1) is 6.86. The monoisotopic (exact) mass is 188 g/mol. The largest absolute Gasteiger partial charge is 0.0913 e. The third-order valence-electron chi connectivity index (χ3n) is 2.43. The summed E-state index contributed by atoms with van der Waals surface area (Å²) in [6, 6.07) is 9.00. The van der Waals surface area contributed by atoms with Gasteiger partial charge in [-0.15, -0.1) is 0 Å². The molecule has 0 aliphatic heterocycles. The van der Waals surface area contributed by atoms with Crippen LogP contribution in [0.15, 0.2) is 36.4 Å². The molecular weight excluding hydrogens is 168 g/mol. The van der Waals surface area contributed by atoms with Gasteiger partial charge in [0.1, 0.15) is 0 Å². The molecule has 0 aliphatic carbocycles. The van der Waals surface area contributed by atoms with Crippen LogP contribution in [0, 0.1) is 0 Å². The molecule has 0 N–H and O–H groups in total. The van der Waals surface area contributed by atoms with Crippen molar-refractivity contribution >= 4 is 0 Å². The van der Waals surface area contributed by atoms with E-state index in [-0.39, 0.29) is 0 Å². The van der Waals surface area contributed by atoms with Crippen LogP contribution < -0.4 is 0 Å². The van der Waals surface area contributed by atoms with Crippen molar-refractivity contribution in [2.24, 2.45) is 0 Å². The molecule has 0 unspecified atom stereocenters. The third kappa shape index (κ3) is 3.78. The molecular formula is C14H20. The molecule has 0 heteroatoms. The Morgan fingerprint density at radius 3 is 2.29 bits per heavy atom. The highest BCUT2D eigenvalue weighted by atomic mass is 14.0. The average molecular weight is 188 g/mol. The predicted molar refractivity (Wildman–Crippen MR) is 63.6 cm³/mol. The Labute approximate surface area is 87.7 Å². The first kappa shape index (κ1) is 11.0. The lowest BCUT2D eigenvalue weighted by Crippen LogP contribution is -1.86. The standard InChI is InChI=1S/C14H20/c1-3-5-7-13-9-11-14(12-10-13)8-6-4-2/h3,5,9-12H,4,6-8H2,1-2H3/b5-3+. The van der Waals surface area contributed by atoms with Crippen molar-refractivity contribution in [2.75, 3.05) is 0 Å². The molecule has 0 saturated heterocycles. The summed E-state index contributed by atoms with van der Waals surface area (Å²) < 4.78 is 0. The Bertz CT molecular complexity index is 267. The van der Waals surface area contributed by atoms with Crippen LogP contribution in [0.5, 0.6) is 0 Å². The number of hydrogen-bond donors (Lipinski definition) is 0. The molecule has 1 rings (SSSR count). The van der Waals surface area contributed by atoms with Crippen molar-refractivity contribution < 1.29 is 0 Å². The smallest absolute Gasteiger partial charge is 0.00976 e. The number of hydrogen-bond acceptors (Lipinski definition) is 0. The zero-order chi connectivity index (χ0) is 10.2. The maximum absolute atomic E-state index is 2.26. The molecule has 0 amide bonds. The van der Waals surface area contributed by atoms with E-state index in [4.69, 9.17) is 0 Å². The van der Waals surface area contributed by atoms with Gasteiger partial charge in [0.05, 0.1) is 0 Å². The van der Waals surface area contributed by atoms with E-state index in [1.54, 1.807) is 0 Å². The summed E-state index contributed by atoms with van der Waals surface area (Å²) in [4.78, 5) is 0. The molecule has 0 aliphatic rings. The molecule has 14 heavy (non-hydrogen) atoms. The molecule has 0 radical (unpaired) electrons. The molecule has 1 aromatic carbocycles. The quantitative estimate of drug-likeness (QED) is 0.609. The van der Waals surface area contributed by atoms with Crippen molar-refractivity contribution in [3.63, 3.8) is 0 Å². The van der Waals surface area contributed by atoms with Crippen LogP contribution in [0.2, 0.25) is 0 Å². The second-order valence-electron chi connectivity index (χ2n) is 3.69. The van der Waals surface area contributed by atoms with Crippen LogP contribution in [0.4, 0.5) is 0 Å². The third-order valence-corrected chi connectivity index (χ3v) is 2.43. The highest BCUT2D eigenvalue weighted by Gasteiger charge is 1.92. The Morgan fingerprint density at radius 2 is 1.71 bits per heavy atom. The lowest BCUT2D eigenvalue weighted by Gasteiger charge is -2.01. The zero-order valence-corrected chi connectivity index (χ0v) is 9.29. The van der Waals surface area contributed by atoms with Crippen molar-refractivity contribution in [3.8, 4) is 0 Å². The van der Waals surface area contributed by atoms with Gasteiger partial charge in [-0.25, -0.2) is 0 Å². The second-order valence-corrected chi connectivity index (χ2v) is 3.69. The molecule has 1 aromatic rings. The van der Waals surface area contributed by atoms with Gasteiger partial charge < -0.3 is 0 Å². The van der Waals surface area contributed by atoms with E-state index >= 15 is 0 Å². The zero-order valence-electron chi connectivity index (χ0n) is 9.29. The molecule has 0 bridgehead atoms. The van der Waals surface area contributed by atoms with E-state index in [1.165, 1.54) is 30.4 Å². The Hall–Kier alpha value is -1.04. The van der Waals surface area contributed by atoms with E-state index in [0.29, 0.717) is 0 Å². The maximum atomic E-state index is 2.26. The highest BCUT2D eigenvalue weighted by Crippen LogP contribution is 2.08. The van der Waals surface area contributed by atoms with Gasteiger partial charge in [0, 0.05) is 0 Å². The summed E-state index contributed by atoms with van der Waals surface area (Å²) in [6.45, 7) is 4.30. The second kappa shape index (κ2) is 6.42. The van der Waals surface area contributed by atoms with Crippen LogP contribution in [-0.2, 0) is 12.8 Å². The van der Waals surface area contributed by atoms with E-state index in [9.17, 15) is 0 Å². The van der Waals surface area contributed by atoms with Gasteiger partial charge in [-0.2, -0.15) is 0 Å². The minimum Gasteiger partial charge on any atom is -0.0913 e. The number of benzene rings is 1. The molecule has 0 nitrogen and oxygen atoms in total. The fourth-order valence-electron chi connectivity index (χ4n) is 1.48. The van der Waals surface area contributed by atoms with E-state index in [0.717, 1.165) is 6.42 Å². The molecule has 0 aromatic heterocycles. The van der Waals surface area contributed by atoms with Crippen molar-refractivity contribution in [2.45, 2.75) is 39.5 Å². The number of rotatable bonds is 5. The number of allylic oxidation sites excluding steroid dienone is 2. The van der Waals surface area contributed by atoms with Gasteiger partial charge in [0.15, 0.2) is 0 Å². The predicted octanol–water partition coefficient (Wildman–Crippen LogP) is 4.15. The fourth-order valence-corrected chi connectivity index (χ4v) is 1.48. The summed E-state index contributed by atoms with van der Waals surface area (Å²) in [5, 5.41) is 0. The molecule has 0 spiro atoms. The number of unbranched alkanes of at least 4 members (excludes halogenated alkanes) is 1. The first-order valence-corrected chi connectivity index (χ1v) is 5.55. The van der Waals surface area contributed by atoms with Crippen molar-refractivity contribution in [1.29, 1.82) is 0 Å². The Kier molecular flexibility index (Phi) is 5.06. The molecule has 0 saturated carbocycles. The molecule has 76 valence electrons. The summed E-state index contributed by atoms with van der Waals surface area (Å²) in [5.41, 5.74) is 2.87. The van der Waals surface area contributed by atoms with E-state index in [1.807, 2.05) is 0 Å². The van der Waals surface area contributed by atoms with Crippen LogP contribution in [0.1, 0.15) is 37.8 Å². The lowest BCUT2D eigenvalue weighted by atomic mass is 10.0. The molecule has 0 fully saturated rings. The van der Waals surface area contributed by atoms with Gasteiger partial charge in [-0.1, -0.05) is 49.8 Å². The van der Waals surface area contributed by atoms with Crippen LogP contribution >= 0.6 is 0 Å². The van der Waals surface area contributed by atoms with Crippen LogP contribution in [0.3, 0.4) is 0 Å². The van der Waals surface area contributed by atoms with Gasteiger partial charge in [0.2, 0.25) is 0 Å². The Morgan fingerprint density at radius 1 is 1.07 bits per heavy atom. The van der Waals surface area contributed by atoms with Gasteiger partial charge in [-0.3, -0.25) is 0 Å². The SMILES string of the molecule is C/C=C/Cc1ccc(CCCC)cc1. The van der Waals surface area contributed by atoms with Crippen molar-refractivity contribution in [3.05, 3.63) is 47.5 Å². The lowest BCUT2D eigenvalue weighted by molar-refractivity contribution is 0.795. The maximum Gasteiger partial charge on any atom is -0.00976 e. The topological polar surface area (TPSA) is 0 Å². The first-order valence-electron chi connectivity index (χ1n) is 5.55. The summed E-state index contributed by atoms with van der Waals surface area (Å²) >= 11 is 0. The summed E-state index contributed by atoms with van der Waals surface area (Å²) in [6.07, 6.45) is 9.16. The number of aryl methyl sites for hydroxylation is 1.